The fourth-order valence-electron chi connectivity index (χ4n) is 3.05. The van der Waals surface area contributed by atoms with Crippen LogP contribution in [0.15, 0.2) is 42.5 Å². The van der Waals surface area contributed by atoms with Crippen LogP contribution in [0.1, 0.15) is 28.8 Å². The van der Waals surface area contributed by atoms with Crippen LogP contribution in [0, 0.1) is 0 Å². The van der Waals surface area contributed by atoms with Gasteiger partial charge in [0, 0.05) is 12.6 Å². The molecular formula is C21H21NO6. The summed E-state index contributed by atoms with van der Waals surface area (Å²) < 4.78 is 20.9. The van der Waals surface area contributed by atoms with E-state index in [2.05, 4.69) is 0 Å². The minimum atomic E-state index is -0.563. The van der Waals surface area contributed by atoms with Gasteiger partial charge in [0.1, 0.15) is 5.75 Å². The van der Waals surface area contributed by atoms with Crippen molar-refractivity contribution in [3.63, 3.8) is 0 Å². The molecule has 0 saturated heterocycles. The van der Waals surface area contributed by atoms with Gasteiger partial charge in [-0.25, -0.2) is 4.79 Å². The standard InChI is InChI=1S/C21H21NO6/c1-25-17-7-2-14(3-8-17)11-22(16-5-6-16)20(23)12-26-21(24)15-4-9-18-19(10-15)28-13-27-18/h2-4,7-10,16H,5-6,11-13H2,1H3. The van der Waals surface area contributed by atoms with E-state index in [4.69, 9.17) is 18.9 Å². The number of carbonyl (C=O) groups is 2. The number of rotatable bonds is 7. The number of ether oxygens (including phenoxy) is 4. The van der Waals surface area contributed by atoms with E-state index in [1.165, 1.54) is 0 Å². The van der Waals surface area contributed by atoms with E-state index in [-0.39, 0.29) is 25.3 Å². The van der Waals surface area contributed by atoms with Crippen molar-refractivity contribution >= 4 is 11.9 Å². The van der Waals surface area contributed by atoms with Gasteiger partial charge in [0.2, 0.25) is 6.79 Å². The summed E-state index contributed by atoms with van der Waals surface area (Å²) in [5.74, 6) is 1.09. The van der Waals surface area contributed by atoms with Crippen molar-refractivity contribution in [1.29, 1.82) is 0 Å². The minimum Gasteiger partial charge on any atom is -0.497 e. The molecule has 0 radical (unpaired) electrons. The van der Waals surface area contributed by atoms with E-state index in [1.54, 1.807) is 30.2 Å². The van der Waals surface area contributed by atoms with Crippen molar-refractivity contribution in [2.75, 3.05) is 20.5 Å². The molecule has 0 bridgehead atoms. The first-order valence-electron chi connectivity index (χ1n) is 9.13. The maximum Gasteiger partial charge on any atom is 0.338 e. The predicted octanol–water partition coefficient (Wildman–Crippen LogP) is 2.77. The number of methoxy groups -OCH3 is 1. The van der Waals surface area contributed by atoms with Gasteiger partial charge in [-0.1, -0.05) is 12.1 Å². The van der Waals surface area contributed by atoms with E-state index in [9.17, 15) is 9.59 Å². The van der Waals surface area contributed by atoms with Gasteiger partial charge in [-0.3, -0.25) is 4.79 Å². The Bertz CT molecular complexity index is 875. The fraction of sp³-hybridized carbons (Fsp3) is 0.333. The molecule has 1 aliphatic heterocycles. The number of fused-ring (bicyclic) bond motifs is 1. The summed E-state index contributed by atoms with van der Waals surface area (Å²) >= 11 is 0. The summed E-state index contributed by atoms with van der Waals surface area (Å²) in [4.78, 5) is 26.7. The molecule has 146 valence electrons. The van der Waals surface area contributed by atoms with Crippen LogP contribution < -0.4 is 14.2 Å². The third-order valence-electron chi connectivity index (χ3n) is 4.75. The highest BCUT2D eigenvalue weighted by molar-refractivity contribution is 5.92. The van der Waals surface area contributed by atoms with Crippen LogP contribution in [0.5, 0.6) is 17.2 Å². The van der Waals surface area contributed by atoms with Gasteiger partial charge in [0.05, 0.1) is 12.7 Å². The molecule has 0 aromatic heterocycles. The lowest BCUT2D eigenvalue weighted by atomic mass is 10.2. The molecule has 0 atom stereocenters. The van der Waals surface area contributed by atoms with Crippen LogP contribution in [-0.4, -0.2) is 43.3 Å². The number of hydrogen-bond donors (Lipinski definition) is 0. The Morgan fingerprint density at radius 3 is 2.54 bits per heavy atom. The first kappa shape index (κ1) is 18.2. The number of esters is 1. The first-order valence-corrected chi connectivity index (χ1v) is 9.13. The van der Waals surface area contributed by atoms with Gasteiger partial charge in [-0.05, 0) is 48.7 Å². The molecule has 2 aromatic rings. The molecule has 4 rings (SSSR count). The van der Waals surface area contributed by atoms with Gasteiger partial charge >= 0.3 is 5.97 Å². The molecule has 1 aliphatic carbocycles. The second-order valence-corrected chi connectivity index (χ2v) is 6.75. The normalized spacial score (nSPS) is 14.5. The smallest absolute Gasteiger partial charge is 0.338 e. The molecule has 1 fully saturated rings. The lowest BCUT2D eigenvalue weighted by Crippen LogP contribution is -2.36. The van der Waals surface area contributed by atoms with E-state index in [0.29, 0.717) is 23.6 Å². The summed E-state index contributed by atoms with van der Waals surface area (Å²) in [5.41, 5.74) is 1.33. The second kappa shape index (κ2) is 7.80. The lowest BCUT2D eigenvalue weighted by Gasteiger charge is -2.22. The zero-order valence-corrected chi connectivity index (χ0v) is 15.6. The van der Waals surface area contributed by atoms with E-state index in [1.807, 2.05) is 24.3 Å². The van der Waals surface area contributed by atoms with Crippen molar-refractivity contribution in [1.82, 2.24) is 4.90 Å². The summed E-state index contributed by atoms with van der Waals surface area (Å²) in [6.45, 7) is 0.322. The third-order valence-corrected chi connectivity index (χ3v) is 4.75. The molecule has 7 nitrogen and oxygen atoms in total. The Kier molecular flexibility index (Phi) is 5.06. The molecular weight excluding hydrogens is 362 g/mol. The number of nitrogens with zero attached hydrogens (tertiary/aromatic N) is 1. The maximum atomic E-state index is 12.7. The van der Waals surface area contributed by atoms with Crippen LogP contribution in [0.25, 0.3) is 0 Å². The summed E-state index contributed by atoms with van der Waals surface area (Å²) in [6, 6.07) is 12.6. The van der Waals surface area contributed by atoms with Crippen molar-refractivity contribution in [3.05, 3.63) is 53.6 Å². The molecule has 0 N–H and O–H groups in total. The minimum absolute atomic E-state index is 0.133. The van der Waals surface area contributed by atoms with Crippen LogP contribution in [0.4, 0.5) is 0 Å². The number of carbonyl (C=O) groups excluding carboxylic acids is 2. The largest absolute Gasteiger partial charge is 0.497 e. The molecule has 2 aromatic carbocycles. The SMILES string of the molecule is COc1ccc(CN(C(=O)COC(=O)c2ccc3c(c2)OCO3)C2CC2)cc1. The van der Waals surface area contributed by atoms with Crippen molar-refractivity contribution in [2.24, 2.45) is 0 Å². The average molecular weight is 383 g/mol. The van der Waals surface area contributed by atoms with Gasteiger partial charge in [0.25, 0.3) is 5.91 Å². The lowest BCUT2D eigenvalue weighted by molar-refractivity contribution is -0.135. The Labute approximate surface area is 162 Å². The van der Waals surface area contributed by atoms with Gasteiger partial charge in [-0.15, -0.1) is 0 Å². The highest BCUT2D eigenvalue weighted by Crippen LogP contribution is 2.33. The molecule has 1 heterocycles. The van der Waals surface area contributed by atoms with Crippen molar-refractivity contribution in [3.8, 4) is 17.2 Å². The Morgan fingerprint density at radius 2 is 1.82 bits per heavy atom. The molecule has 0 spiro atoms. The van der Waals surface area contributed by atoms with Crippen LogP contribution >= 0.6 is 0 Å². The zero-order chi connectivity index (χ0) is 19.5. The van der Waals surface area contributed by atoms with E-state index in [0.717, 1.165) is 24.2 Å². The number of hydrogen-bond acceptors (Lipinski definition) is 6. The summed E-state index contributed by atoms with van der Waals surface area (Å²) in [6.07, 6.45) is 1.94. The van der Waals surface area contributed by atoms with Crippen LogP contribution in [0.2, 0.25) is 0 Å². The molecule has 28 heavy (non-hydrogen) atoms. The van der Waals surface area contributed by atoms with E-state index >= 15 is 0 Å². The fourth-order valence-corrected chi connectivity index (χ4v) is 3.05. The highest BCUT2D eigenvalue weighted by atomic mass is 16.7. The zero-order valence-electron chi connectivity index (χ0n) is 15.6. The third kappa shape index (κ3) is 4.03. The quantitative estimate of drug-likeness (QED) is 0.685. The topological polar surface area (TPSA) is 74.3 Å². The summed E-state index contributed by atoms with van der Waals surface area (Å²) in [7, 11) is 1.61. The molecule has 1 amide bonds. The molecule has 1 saturated carbocycles. The average Bonchev–Trinajstić information content (AvgIpc) is 3.46. The van der Waals surface area contributed by atoms with Gasteiger partial charge < -0.3 is 23.8 Å². The monoisotopic (exact) mass is 383 g/mol. The second-order valence-electron chi connectivity index (χ2n) is 6.75. The molecule has 0 unspecified atom stereocenters. The predicted molar refractivity (Wildman–Crippen MR) is 99.4 cm³/mol. The number of benzene rings is 2. The van der Waals surface area contributed by atoms with Crippen LogP contribution in [-0.2, 0) is 16.1 Å². The Morgan fingerprint density at radius 1 is 1.07 bits per heavy atom. The molecule has 2 aliphatic rings. The Balaban J connectivity index is 1.36. The molecule has 7 heteroatoms. The maximum absolute atomic E-state index is 12.7. The first-order chi connectivity index (χ1) is 13.6. The van der Waals surface area contributed by atoms with Crippen LogP contribution in [0.3, 0.4) is 0 Å². The summed E-state index contributed by atoms with van der Waals surface area (Å²) in [5, 5.41) is 0. The van der Waals surface area contributed by atoms with Crippen molar-refractivity contribution < 1.29 is 28.5 Å². The Hall–Kier alpha value is -3.22. The van der Waals surface area contributed by atoms with Gasteiger partial charge in [0.15, 0.2) is 18.1 Å². The number of amides is 1. The van der Waals surface area contributed by atoms with Gasteiger partial charge in [-0.2, -0.15) is 0 Å². The van der Waals surface area contributed by atoms with E-state index < -0.39 is 5.97 Å². The highest BCUT2D eigenvalue weighted by Gasteiger charge is 2.33. The van der Waals surface area contributed by atoms with Crippen molar-refractivity contribution in [2.45, 2.75) is 25.4 Å².